The van der Waals surface area contributed by atoms with E-state index in [2.05, 4.69) is 30.1 Å². The number of hydrogen-bond donors (Lipinski definition) is 1. The molecule has 1 aliphatic heterocycles. The molecule has 0 amide bonds. The molecule has 0 spiro atoms. The first-order chi connectivity index (χ1) is 7.72. The third-order valence-corrected chi connectivity index (χ3v) is 3.67. The maximum absolute atomic E-state index is 6.15. The Bertz CT molecular complexity index is 365. The van der Waals surface area contributed by atoms with Crippen LogP contribution in [0.15, 0.2) is 18.2 Å². The van der Waals surface area contributed by atoms with E-state index in [4.69, 9.17) is 11.6 Å². The lowest BCUT2D eigenvalue weighted by Crippen LogP contribution is -2.32. The number of hydrogen-bond acceptors (Lipinski definition) is 2. The molecule has 2 nitrogen and oxygen atoms in total. The van der Waals surface area contributed by atoms with Crippen LogP contribution in [0.2, 0.25) is 5.02 Å². The molecule has 3 heteroatoms. The zero-order valence-electron chi connectivity index (χ0n) is 9.96. The third-order valence-electron chi connectivity index (χ3n) is 3.26. The molecule has 1 aliphatic rings. The lowest BCUT2D eigenvalue weighted by molar-refractivity contribution is 0.572. The average Bonchev–Trinajstić information content (AvgIpc) is 2.71. The standard InChI is InChI=1S/C13H19ClN2/c1-3-15-11-7-8-16(9-11)13-6-4-5-12(14)10(13)2/h4-6,11,15H,3,7-9H2,1-2H3. The molecule has 1 N–H and O–H groups in total. The number of likely N-dealkylation sites (N-methyl/N-ethyl adjacent to an activating group) is 1. The molecule has 1 unspecified atom stereocenters. The van der Waals surface area contributed by atoms with E-state index >= 15 is 0 Å². The summed E-state index contributed by atoms with van der Waals surface area (Å²) < 4.78 is 0. The van der Waals surface area contributed by atoms with E-state index in [1.165, 1.54) is 17.7 Å². The molecule has 16 heavy (non-hydrogen) atoms. The summed E-state index contributed by atoms with van der Waals surface area (Å²) in [6.07, 6.45) is 1.22. The highest BCUT2D eigenvalue weighted by atomic mass is 35.5. The fourth-order valence-electron chi connectivity index (χ4n) is 2.37. The number of nitrogens with one attached hydrogen (secondary N) is 1. The fourth-order valence-corrected chi connectivity index (χ4v) is 2.54. The van der Waals surface area contributed by atoms with Gasteiger partial charge in [0.05, 0.1) is 0 Å². The smallest absolute Gasteiger partial charge is 0.0455 e. The second-order valence-electron chi connectivity index (χ2n) is 4.37. The first-order valence-electron chi connectivity index (χ1n) is 5.95. The van der Waals surface area contributed by atoms with Crippen LogP contribution in [0.25, 0.3) is 0 Å². The number of benzene rings is 1. The Labute approximate surface area is 103 Å². The topological polar surface area (TPSA) is 15.3 Å². The molecule has 88 valence electrons. The van der Waals surface area contributed by atoms with E-state index < -0.39 is 0 Å². The van der Waals surface area contributed by atoms with Gasteiger partial charge in [-0.2, -0.15) is 0 Å². The molecule has 2 rings (SSSR count). The first-order valence-corrected chi connectivity index (χ1v) is 6.33. The van der Waals surface area contributed by atoms with Crippen molar-refractivity contribution in [2.75, 3.05) is 24.5 Å². The maximum atomic E-state index is 6.15. The van der Waals surface area contributed by atoms with Crippen molar-refractivity contribution in [1.82, 2.24) is 5.32 Å². The van der Waals surface area contributed by atoms with E-state index in [-0.39, 0.29) is 0 Å². The van der Waals surface area contributed by atoms with Crippen LogP contribution in [0.1, 0.15) is 18.9 Å². The van der Waals surface area contributed by atoms with Gasteiger partial charge in [-0.15, -0.1) is 0 Å². The lowest BCUT2D eigenvalue weighted by atomic mass is 10.2. The number of rotatable bonds is 3. The molecule has 0 bridgehead atoms. The summed E-state index contributed by atoms with van der Waals surface area (Å²) in [6, 6.07) is 6.78. The highest BCUT2D eigenvalue weighted by Gasteiger charge is 2.22. The molecule has 0 aliphatic carbocycles. The van der Waals surface area contributed by atoms with Gasteiger partial charge in [-0.05, 0) is 37.6 Å². The summed E-state index contributed by atoms with van der Waals surface area (Å²) in [6.45, 7) is 7.52. The number of halogens is 1. The summed E-state index contributed by atoms with van der Waals surface area (Å²) in [5, 5.41) is 4.37. The van der Waals surface area contributed by atoms with E-state index in [9.17, 15) is 0 Å². The van der Waals surface area contributed by atoms with Crippen molar-refractivity contribution >= 4 is 17.3 Å². The monoisotopic (exact) mass is 238 g/mol. The largest absolute Gasteiger partial charge is 0.370 e. The minimum atomic E-state index is 0.628. The van der Waals surface area contributed by atoms with Crippen LogP contribution in [0, 0.1) is 6.92 Å². The molecule has 0 saturated carbocycles. The molecule has 1 heterocycles. The lowest BCUT2D eigenvalue weighted by Gasteiger charge is -2.21. The van der Waals surface area contributed by atoms with Crippen molar-refractivity contribution in [2.45, 2.75) is 26.3 Å². The quantitative estimate of drug-likeness (QED) is 0.871. The van der Waals surface area contributed by atoms with E-state index in [0.717, 1.165) is 24.7 Å². The van der Waals surface area contributed by atoms with Gasteiger partial charge in [-0.1, -0.05) is 24.6 Å². The van der Waals surface area contributed by atoms with Crippen LogP contribution in [-0.4, -0.2) is 25.7 Å². The van der Waals surface area contributed by atoms with Crippen molar-refractivity contribution in [3.63, 3.8) is 0 Å². The van der Waals surface area contributed by atoms with Crippen LogP contribution in [0.5, 0.6) is 0 Å². The van der Waals surface area contributed by atoms with E-state index in [1.54, 1.807) is 0 Å². The van der Waals surface area contributed by atoms with E-state index in [1.807, 2.05) is 12.1 Å². The molecule has 0 aromatic heterocycles. The zero-order chi connectivity index (χ0) is 11.5. The Morgan fingerprint density at radius 3 is 3.06 bits per heavy atom. The van der Waals surface area contributed by atoms with Gasteiger partial charge in [0.1, 0.15) is 0 Å². The number of nitrogens with zero attached hydrogens (tertiary/aromatic N) is 1. The third kappa shape index (κ3) is 2.33. The Kier molecular flexibility index (Phi) is 3.72. The first kappa shape index (κ1) is 11.7. The van der Waals surface area contributed by atoms with Crippen LogP contribution in [0.3, 0.4) is 0 Å². The molecule has 1 aromatic rings. The maximum Gasteiger partial charge on any atom is 0.0455 e. The van der Waals surface area contributed by atoms with Gasteiger partial charge in [-0.3, -0.25) is 0 Å². The van der Waals surface area contributed by atoms with Crippen LogP contribution in [0.4, 0.5) is 5.69 Å². The van der Waals surface area contributed by atoms with Gasteiger partial charge in [0.25, 0.3) is 0 Å². The molecule has 1 aromatic carbocycles. The zero-order valence-corrected chi connectivity index (χ0v) is 10.7. The Balaban J connectivity index is 2.11. The summed E-state index contributed by atoms with van der Waals surface area (Å²) in [4.78, 5) is 2.43. The summed E-state index contributed by atoms with van der Waals surface area (Å²) in [5.41, 5.74) is 2.48. The van der Waals surface area contributed by atoms with Crippen LogP contribution < -0.4 is 10.2 Å². The summed E-state index contributed by atoms with van der Waals surface area (Å²) >= 11 is 6.15. The van der Waals surface area contributed by atoms with Crippen molar-refractivity contribution in [3.05, 3.63) is 28.8 Å². The van der Waals surface area contributed by atoms with Gasteiger partial charge in [0, 0.05) is 29.8 Å². The minimum absolute atomic E-state index is 0.628. The van der Waals surface area contributed by atoms with Crippen LogP contribution >= 0.6 is 11.6 Å². The van der Waals surface area contributed by atoms with Gasteiger partial charge >= 0.3 is 0 Å². The molecule has 1 saturated heterocycles. The predicted octanol–water partition coefficient (Wildman–Crippen LogP) is 2.84. The highest BCUT2D eigenvalue weighted by molar-refractivity contribution is 6.31. The molecule has 1 atom stereocenters. The second-order valence-corrected chi connectivity index (χ2v) is 4.78. The molecular formula is C13H19ClN2. The Hall–Kier alpha value is -0.730. The highest BCUT2D eigenvalue weighted by Crippen LogP contribution is 2.28. The Morgan fingerprint density at radius 2 is 2.31 bits per heavy atom. The Morgan fingerprint density at radius 1 is 1.50 bits per heavy atom. The SMILES string of the molecule is CCNC1CCN(c2cccc(Cl)c2C)C1. The van der Waals surface area contributed by atoms with E-state index in [0.29, 0.717) is 6.04 Å². The normalized spacial score (nSPS) is 20.4. The second kappa shape index (κ2) is 5.07. The summed E-state index contributed by atoms with van der Waals surface area (Å²) in [5.74, 6) is 0. The van der Waals surface area contributed by atoms with Gasteiger partial charge in [0.15, 0.2) is 0 Å². The van der Waals surface area contributed by atoms with Crippen molar-refractivity contribution in [2.24, 2.45) is 0 Å². The molecule has 1 fully saturated rings. The average molecular weight is 239 g/mol. The van der Waals surface area contributed by atoms with Crippen molar-refractivity contribution < 1.29 is 0 Å². The number of anilines is 1. The van der Waals surface area contributed by atoms with Gasteiger partial charge in [-0.25, -0.2) is 0 Å². The minimum Gasteiger partial charge on any atom is -0.370 e. The van der Waals surface area contributed by atoms with Gasteiger partial charge < -0.3 is 10.2 Å². The summed E-state index contributed by atoms with van der Waals surface area (Å²) in [7, 11) is 0. The van der Waals surface area contributed by atoms with Gasteiger partial charge in [0.2, 0.25) is 0 Å². The molecule has 0 radical (unpaired) electrons. The van der Waals surface area contributed by atoms with Crippen LogP contribution in [-0.2, 0) is 0 Å². The van der Waals surface area contributed by atoms with Crippen molar-refractivity contribution in [3.8, 4) is 0 Å². The predicted molar refractivity (Wildman–Crippen MR) is 70.5 cm³/mol. The van der Waals surface area contributed by atoms with Crippen molar-refractivity contribution in [1.29, 1.82) is 0 Å². The molecular weight excluding hydrogens is 220 g/mol. The fraction of sp³-hybridized carbons (Fsp3) is 0.538.